The third-order valence-electron chi connectivity index (χ3n) is 7.74. The molecule has 1 aliphatic heterocycles. The Kier molecular flexibility index (Phi) is 10.9. The van der Waals surface area contributed by atoms with Crippen molar-refractivity contribution in [3.05, 3.63) is 71.8 Å². The Morgan fingerprint density at radius 1 is 1.07 bits per heavy atom. The van der Waals surface area contributed by atoms with Crippen LogP contribution in [-0.2, 0) is 16.0 Å². The van der Waals surface area contributed by atoms with Crippen LogP contribution in [0, 0.1) is 0 Å². The Morgan fingerprint density at radius 3 is 2.51 bits per heavy atom. The molecule has 9 heteroatoms. The molecule has 2 aliphatic rings. The molecule has 220 valence electrons. The zero-order chi connectivity index (χ0) is 29.2. The Labute approximate surface area is 242 Å². The van der Waals surface area contributed by atoms with Crippen LogP contribution < -0.4 is 26.2 Å². The van der Waals surface area contributed by atoms with E-state index in [-0.39, 0.29) is 30.3 Å². The average Bonchev–Trinajstić information content (AvgIpc) is 3.42. The van der Waals surface area contributed by atoms with Crippen LogP contribution in [0.3, 0.4) is 0 Å². The molecule has 9 nitrogen and oxygen atoms in total. The minimum atomic E-state index is -0.954. The lowest BCUT2D eigenvalue weighted by molar-refractivity contribution is -0.123. The number of amides is 3. The van der Waals surface area contributed by atoms with Crippen LogP contribution in [0.4, 0.5) is 11.4 Å². The first kappa shape index (κ1) is 30.3. The second kappa shape index (κ2) is 14.8. The number of nitrogens with zero attached hydrogens (tertiary/aromatic N) is 1. The van der Waals surface area contributed by atoms with Gasteiger partial charge in [0.2, 0.25) is 5.91 Å². The summed E-state index contributed by atoms with van der Waals surface area (Å²) < 4.78 is 0. The zero-order valence-electron chi connectivity index (χ0n) is 24.1. The molecular formula is C32H43N5O4. The fourth-order valence-electron chi connectivity index (χ4n) is 5.38. The molecule has 0 aromatic heterocycles. The summed E-state index contributed by atoms with van der Waals surface area (Å²) in [5.74, 6) is -0.560. The van der Waals surface area contributed by atoms with E-state index in [1.165, 1.54) is 12.5 Å². The summed E-state index contributed by atoms with van der Waals surface area (Å²) >= 11 is 0. The van der Waals surface area contributed by atoms with E-state index in [0.29, 0.717) is 30.8 Å². The van der Waals surface area contributed by atoms with Gasteiger partial charge in [-0.2, -0.15) is 0 Å². The number of benzene rings is 2. The van der Waals surface area contributed by atoms with E-state index in [1.54, 1.807) is 30.0 Å². The smallest absolute Gasteiger partial charge is 0.251 e. The van der Waals surface area contributed by atoms with Crippen molar-refractivity contribution in [1.82, 2.24) is 16.0 Å². The SMILES string of the molecule is CCNc1cc(C(=O)N[C@@H](Cc2ccccc2)[C@H](O)CN[C@@H](C)C(=O)NC2CCCCC2)cc(N2CC=CC2=O)c1. The molecule has 1 heterocycles. The molecular weight excluding hydrogens is 518 g/mol. The molecule has 3 amide bonds. The summed E-state index contributed by atoms with van der Waals surface area (Å²) in [5.41, 5.74) is 2.71. The van der Waals surface area contributed by atoms with Crippen LogP contribution in [-0.4, -0.2) is 66.7 Å². The van der Waals surface area contributed by atoms with Crippen molar-refractivity contribution in [2.75, 3.05) is 29.9 Å². The van der Waals surface area contributed by atoms with E-state index < -0.39 is 18.2 Å². The number of nitrogens with one attached hydrogen (secondary N) is 4. The lowest BCUT2D eigenvalue weighted by Crippen LogP contribution is -2.53. The molecule has 1 saturated carbocycles. The molecule has 2 aromatic rings. The Morgan fingerprint density at radius 2 is 1.83 bits per heavy atom. The number of carbonyl (C=O) groups is 3. The molecule has 5 N–H and O–H groups in total. The van der Waals surface area contributed by atoms with Crippen LogP contribution >= 0.6 is 0 Å². The molecule has 1 fully saturated rings. The van der Waals surface area contributed by atoms with Crippen molar-refractivity contribution in [3.63, 3.8) is 0 Å². The quantitative estimate of drug-likeness (QED) is 0.256. The molecule has 41 heavy (non-hydrogen) atoms. The number of aliphatic hydroxyl groups excluding tert-OH is 1. The van der Waals surface area contributed by atoms with Gasteiger partial charge in [0.25, 0.3) is 11.8 Å². The summed E-state index contributed by atoms with van der Waals surface area (Å²) in [4.78, 5) is 40.2. The fraction of sp³-hybridized carbons (Fsp3) is 0.469. The van der Waals surface area contributed by atoms with Crippen molar-refractivity contribution >= 4 is 29.1 Å². The summed E-state index contributed by atoms with van der Waals surface area (Å²) in [7, 11) is 0. The van der Waals surface area contributed by atoms with E-state index in [1.807, 2.05) is 43.3 Å². The number of anilines is 2. The van der Waals surface area contributed by atoms with E-state index >= 15 is 0 Å². The highest BCUT2D eigenvalue weighted by molar-refractivity contribution is 6.05. The van der Waals surface area contributed by atoms with Gasteiger partial charge in [0, 0.05) is 48.7 Å². The monoisotopic (exact) mass is 561 g/mol. The molecule has 4 rings (SSSR count). The Balaban J connectivity index is 1.45. The summed E-state index contributed by atoms with van der Waals surface area (Å²) in [5, 5.41) is 23.8. The van der Waals surface area contributed by atoms with Gasteiger partial charge in [-0.05, 0) is 56.9 Å². The molecule has 2 aromatic carbocycles. The first-order valence-electron chi connectivity index (χ1n) is 14.8. The maximum atomic E-state index is 13.6. The average molecular weight is 562 g/mol. The van der Waals surface area contributed by atoms with Gasteiger partial charge in [0.1, 0.15) is 0 Å². The zero-order valence-corrected chi connectivity index (χ0v) is 24.1. The van der Waals surface area contributed by atoms with Crippen LogP contribution in [0.1, 0.15) is 61.9 Å². The van der Waals surface area contributed by atoms with E-state index in [9.17, 15) is 19.5 Å². The largest absolute Gasteiger partial charge is 0.390 e. The van der Waals surface area contributed by atoms with Gasteiger partial charge in [0.15, 0.2) is 0 Å². The summed E-state index contributed by atoms with van der Waals surface area (Å²) in [6.07, 6.45) is 8.27. The molecule has 0 unspecified atom stereocenters. The fourth-order valence-corrected chi connectivity index (χ4v) is 5.38. The lowest BCUT2D eigenvalue weighted by atomic mass is 9.95. The molecule has 3 atom stereocenters. The summed E-state index contributed by atoms with van der Waals surface area (Å²) in [6, 6.07) is 14.1. The van der Waals surface area contributed by atoms with E-state index in [0.717, 1.165) is 36.9 Å². The van der Waals surface area contributed by atoms with Crippen molar-refractivity contribution in [1.29, 1.82) is 0 Å². The first-order chi connectivity index (χ1) is 19.8. The predicted molar refractivity (Wildman–Crippen MR) is 162 cm³/mol. The van der Waals surface area contributed by atoms with E-state index in [2.05, 4.69) is 21.3 Å². The van der Waals surface area contributed by atoms with Gasteiger partial charge in [-0.25, -0.2) is 0 Å². The minimum absolute atomic E-state index is 0.0773. The molecule has 0 bridgehead atoms. The normalized spacial score (nSPS) is 17.6. The molecule has 0 spiro atoms. The van der Waals surface area contributed by atoms with Gasteiger partial charge in [0.05, 0.1) is 18.2 Å². The first-order valence-corrected chi connectivity index (χ1v) is 14.8. The maximum Gasteiger partial charge on any atom is 0.251 e. The Bertz CT molecular complexity index is 1210. The van der Waals surface area contributed by atoms with Crippen molar-refractivity contribution in [2.45, 2.75) is 76.6 Å². The number of aliphatic hydroxyl groups is 1. The number of hydrogen-bond donors (Lipinski definition) is 5. The number of hydrogen-bond acceptors (Lipinski definition) is 6. The van der Waals surface area contributed by atoms with Crippen LogP contribution in [0.25, 0.3) is 0 Å². The predicted octanol–water partition coefficient (Wildman–Crippen LogP) is 3.15. The lowest BCUT2D eigenvalue weighted by Gasteiger charge is -2.28. The second-order valence-electron chi connectivity index (χ2n) is 11.0. The molecule has 0 saturated heterocycles. The molecule has 1 aliphatic carbocycles. The van der Waals surface area contributed by atoms with Crippen molar-refractivity contribution in [2.24, 2.45) is 0 Å². The van der Waals surface area contributed by atoms with E-state index in [4.69, 9.17) is 0 Å². The topological polar surface area (TPSA) is 123 Å². The minimum Gasteiger partial charge on any atom is -0.390 e. The maximum absolute atomic E-state index is 13.6. The summed E-state index contributed by atoms with van der Waals surface area (Å²) in [6.45, 7) is 4.99. The van der Waals surface area contributed by atoms with Gasteiger partial charge in [-0.15, -0.1) is 0 Å². The van der Waals surface area contributed by atoms with Gasteiger partial charge in [-0.3, -0.25) is 14.4 Å². The van der Waals surface area contributed by atoms with Crippen LogP contribution in [0.15, 0.2) is 60.7 Å². The van der Waals surface area contributed by atoms with Crippen LogP contribution in [0.5, 0.6) is 0 Å². The third-order valence-corrected chi connectivity index (χ3v) is 7.74. The van der Waals surface area contributed by atoms with Gasteiger partial charge >= 0.3 is 0 Å². The Hall–Kier alpha value is -3.69. The van der Waals surface area contributed by atoms with Crippen LogP contribution in [0.2, 0.25) is 0 Å². The highest BCUT2D eigenvalue weighted by atomic mass is 16.3. The number of rotatable bonds is 13. The third kappa shape index (κ3) is 8.65. The highest BCUT2D eigenvalue weighted by Gasteiger charge is 2.26. The standard InChI is InChI=1S/C32H43N5O4/c1-3-33-26-18-24(19-27(20-26)37-16-10-15-30(37)39)32(41)36-28(17-23-11-6-4-7-12-23)29(38)21-34-22(2)31(40)35-25-13-8-5-9-14-25/h4,6-7,10-12,15,18-20,22,25,28-29,33-34,38H,3,5,8-9,13-14,16-17,21H2,1-2H3,(H,35,40)(H,36,41)/t22-,28-,29+/m0/s1. The van der Waals surface area contributed by atoms with Gasteiger partial charge in [-0.1, -0.05) is 55.7 Å². The number of carbonyl (C=O) groups excluding carboxylic acids is 3. The van der Waals surface area contributed by atoms with Crippen molar-refractivity contribution in [3.8, 4) is 0 Å². The molecule has 0 radical (unpaired) electrons. The van der Waals surface area contributed by atoms with Crippen molar-refractivity contribution < 1.29 is 19.5 Å². The van der Waals surface area contributed by atoms with Gasteiger partial charge < -0.3 is 31.3 Å². The highest BCUT2D eigenvalue weighted by Crippen LogP contribution is 2.25. The second-order valence-corrected chi connectivity index (χ2v) is 11.0.